The first-order valence-electron chi connectivity index (χ1n) is 7.32. The zero-order chi connectivity index (χ0) is 12.1. The van der Waals surface area contributed by atoms with Crippen LogP contribution >= 0.6 is 12.4 Å². The maximum atomic E-state index is 12.4. The summed E-state index contributed by atoms with van der Waals surface area (Å²) in [6.45, 7) is 1.77. The van der Waals surface area contributed by atoms with Crippen LogP contribution in [0.2, 0.25) is 0 Å². The number of nitrogens with zero attached hydrogens (tertiary/aromatic N) is 1. The molecule has 1 aliphatic heterocycles. The zero-order valence-corrected chi connectivity index (χ0v) is 12.1. The fourth-order valence-corrected chi connectivity index (χ4v) is 3.08. The third kappa shape index (κ3) is 4.43. The van der Waals surface area contributed by atoms with Gasteiger partial charge in [-0.2, -0.15) is 0 Å². The number of rotatable bonds is 1. The first-order valence-corrected chi connectivity index (χ1v) is 7.32. The Hall–Kier alpha value is -0.280. The van der Waals surface area contributed by atoms with E-state index in [-0.39, 0.29) is 12.4 Å². The lowest BCUT2D eigenvalue weighted by atomic mass is 9.89. The number of hydrogen-bond acceptors (Lipinski definition) is 2. The van der Waals surface area contributed by atoms with Crippen LogP contribution in [0, 0.1) is 5.92 Å². The molecule has 0 radical (unpaired) electrons. The molecular formula is C14H27ClN2O. The van der Waals surface area contributed by atoms with Gasteiger partial charge in [-0.05, 0) is 25.7 Å². The summed E-state index contributed by atoms with van der Waals surface area (Å²) in [4.78, 5) is 14.5. The van der Waals surface area contributed by atoms with Gasteiger partial charge >= 0.3 is 0 Å². The molecule has 1 heterocycles. The summed E-state index contributed by atoms with van der Waals surface area (Å²) in [6, 6.07) is 0.316. The molecule has 2 fully saturated rings. The van der Waals surface area contributed by atoms with Gasteiger partial charge in [0.05, 0.1) is 0 Å². The van der Waals surface area contributed by atoms with Crippen molar-refractivity contribution >= 4 is 18.3 Å². The predicted octanol–water partition coefficient (Wildman–Crippen LogP) is 2.72. The largest absolute Gasteiger partial charge is 0.342 e. The molecule has 4 heteroatoms. The minimum atomic E-state index is 0. The lowest BCUT2D eigenvalue weighted by molar-refractivity contribution is -0.137. The Balaban J connectivity index is 0.00000162. The fraction of sp³-hybridized carbons (Fsp3) is 0.929. The number of likely N-dealkylation sites (tertiary alicyclic amines) is 1. The smallest absolute Gasteiger partial charge is 0.225 e. The number of piperidine rings is 1. The van der Waals surface area contributed by atoms with E-state index >= 15 is 0 Å². The van der Waals surface area contributed by atoms with Gasteiger partial charge in [0.1, 0.15) is 0 Å². The molecule has 2 aliphatic rings. The van der Waals surface area contributed by atoms with Crippen LogP contribution in [0.5, 0.6) is 0 Å². The molecule has 1 aliphatic carbocycles. The molecule has 1 amide bonds. The standard InChI is InChI=1S/C14H26N2O.ClH/c15-13-8-10-16(11-9-13)14(17)12-6-4-2-1-3-5-7-12;/h12-13H,1-11,15H2;1H. The molecule has 0 unspecified atom stereocenters. The van der Waals surface area contributed by atoms with Crippen LogP contribution in [0.3, 0.4) is 0 Å². The van der Waals surface area contributed by atoms with E-state index in [1.165, 1.54) is 32.1 Å². The molecule has 106 valence electrons. The number of hydrogen-bond donors (Lipinski definition) is 1. The van der Waals surface area contributed by atoms with Gasteiger partial charge < -0.3 is 10.6 Å². The van der Waals surface area contributed by atoms with Gasteiger partial charge in [-0.3, -0.25) is 4.79 Å². The van der Waals surface area contributed by atoms with E-state index in [4.69, 9.17) is 5.73 Å². The average molecular weight is 275 g/mol. The SMILES string of the molecule is Cl.NC1CCN(C(=O)C2CCCCCCC2)CC1. The second-order valence-corrected chi connectivity index (χ2v) is 5.70. The molecule has 3 nitrogen and oxygen atoms in total. The second kappa shape index (κ2) is 8.00. The molecule has 1 saturated carbocycles. The molecule has 0 spiro atoms. The summed E-state index contributed by atoms with van der Waals surface area (Å²) in [5.74, 6) is 0.725. The Morgan fingerprint density at radius 3 is 1.94 bits per heavy atom. The number of carbonyl (C=O) groups excluding carboxylic acids is 1. The maximum absolute atomic E-state index is 12.4. The summed E-state index contributed by atoms with van der Waals surface area (Å²) in [7, 11) is 0. The van der Waals surface area contributed by atoms with E-state index in [0.717, 1.165) is 38.8 Å². The molecule has 0 atom stereocenters. The average Bonchev–Trinajstić information content (AvgIpc) is 2.29. The Labute approximate surface area is 117 Å². The van der Waals surface area contributed by atoms with Gasteiger partial charge in [-0.25, -0.2) is 0 Å². The van der Waals surface area contributed by atoms with Crippen molar-refractivity contribution in [1.29, 1.82) is 0 Å². The molecular weight excluding hydrogens is 248 g/mol. The quantitative estimate of drug-likeness (QED) is 0.799. The number of amides is 1. The highest BCUT2D eigenvalue weighted by Crippen LogP contribution is 2.25. The summed E-state index contributed by atoms with van der Waals surface area (Å²) in [6.07, 6.45) is 10.7. The van der Waals surface area contributed by atoms with Crippen molar-refractivity contribution in [3.05, 3.63) is 0 Å². The third-order valence-electron chi connectivity index (χ3n) is 4.31. The summed E-state index contributed by atoms with van der Waals surface area (Å²) < 4.78 is 0. The summed E-state index contributed by atoms with van der Waals surface area (Å²) in [5, 5.41) is 0. The van der Waals surface area contributed by atoms with Crippen molar-refractivity contribution in [2.75, 3.05) is 13.1 Å². The molecule has 2 N–H and O–H groups in total. The highest BCUT2D eigenvalue weighted by molar-refractivity contribution is 5.85. The van der Waals surface area contributed by atoms with Gasteiger partial charge in [0.25, 0.3) is 0 Å². The number of halogens is 1. The van der Waals surface area contributed by atoms with Gasteiger partial charge in [0, 0.05) is 25.0 Å². The maximum Gasteiger partial charge on any atom is 0.225 e. The molecule has 18 heavy (non-hydrogen) atoms. The van der Waals surface area contributed by atoms with Crippen LogP contribution in [0.1, 0.15) is 57.8 Å². The zero-order valence-electron chi connectivity index (χ0n) is 11.3. The lowest BCUT2D eigenvalue weighted by Gasteiger charge is -2.33. The van der Waals surface area contributed by atoms with Crippen molar-refractivity contribution in [3.63, 3.8) is 0 Å². The molecule has 0 aromatic heterocycles. The van der Waals surface area contributed by atoms with E-state index in [1.807, 2.05) is 0 Å². The minimum absolute atomic E-state index is 0. The van der Waals surface area contributed by atoms with Crippen LogP contribution in [0.4, 0.5) is 0 Å². The Morgan fingerprint density at radius 1 is 0.889 bits per heavy atom. The van der Waals surface area contributed by atoms with Gasteiger partial charge in [-0.1, -0.05) is 32.1 Å². The Morgan fingerprint density at radius 2 is 1.39 bits per heavy atom. The predicted molar refractivity (Wildman–Crippen MR) is 76.8 cm³/mol. The van der Waals surface area contributed by atoms with Crippen molar-refractivity contribution in [2.24, 2.45) is 11.7 Å². The monoisotopic (exact) mass is 274 g/mol. The van der Waals surface area contributed by atoms with Crippen molar-refractivity contribution in [1.82, 2.24) is 4.90 Å². The Bertz CT molecular complexity index is 244. The molecule has 0 bridgehead atoms. The van der Waals surface area contributed by atoms with Crippen LogP contribution < -0.4 is 5.73 Å². The van der Waals surface area contributed by atoms with Crippen LogP contribution in [0.25, 0.3) is 0 Å². The molecule has 0 aromatic rings. The van der Waals surface area contributed by atoms with Crippen molar-refractivity contribution < 1.29 is 4.79 Å². The number of carbonyl (C=O) groups is 1. The van der Waals surface area contributed by atoms with Crippen molar-refractivity contribution in [3.8, 4) is 0 Å². The minimum Gasteiger partial charge on any atom is -0.342 e. The first-order chi connectivity index (χ1) is 8.27. The van der Waals surface area contributed by atoms with E-state index < -0.39 is 0 Å². The van der Waals surface area contributed by atoms with E-state index in [9.17, 15) is 4.79 Å². The molecule has 1 saturated heterocycles. The van der Waals surface area contributed by atoms with E-state index in [1.54, 1.807) is 0 Å². The van der Waals surface area contributed by atoms with Gasteiger partial charge in [-0.15, -0.1) is 12.4 Å². The Kier molecular flexibility index (Phi) is 7.02. The van der Waals surface area contributed by atoms with Gasteiger partial charge in [0.2, 0.25) is 5.91 Å². The van der Waals surface area contributed by atoms with Crippen LogP contribution in [0.15, 0.2) is 0 Å². The fourth-order valence-electron chi connectivity index (χ4n) is 3.08. The van der Waals surface area contributed by atoms with E-state index in [2.05, 4.69) is 4.90 Å². The van der Waals surface area contributed by atoms with E-state index in [0.29, 0.717) is 17.9 Å². The molecule has 0 aromatic carbocycles. The number of nitrogens with two attached hydrogens (primary N) is 1. The van der Waals surface area contributed by atoms with Gasteiger partial charge in [0.15, 0.2) is 0 Å². The highest BCUT2D eigenvalue weighted by atomic mass is 35.5. The summed E-state index contributed by atoms with van der Waals surface area (Å²) in [5.41, 5.74) is 5.88. The second-order valence-electron chi connectivity index (χ2n) is 5.70. The van der Waals surface area contributed by atoms with Crippen LogP contribution in [-0.2, 0) is 4.79 Å². The molecule has 2 rings (SSSR count). The normalized spacial score (nSPS) is 23.9. The topological polar surface area (TPSA) is 46.3 Å². The summed E-state index contributed by atoms with van der Waals surface area (Å²) >= 11 is 0. The van der Waals surface area contributed by atoms with Crippen LogP contribution in [-0.4, -0.2) is 29.9 Å². The third-order valence-corrected chi connectivity index (χ3v) is 4.31. The lowest BCUT2D eigenvalue weighted by Crippen LogP contribution is -2.45. The van der Waals surface area contributed by atoms with Crippen molar-refractivity contribution in [2.45, 2.75) is 63.8 Å². The highest BCUT2D eigenvalue weighted by Gasteiger charge is 2.27. The first kappa shape index (κ1) is 15.8.